The van der Waals surface area contributed by atoms with Gasteiger partial charge in [0.1, 0.15) is 0 Å². The second-order valence-corrected chi connectivity index (χ2v) is 10.2. The Morgan fingerprint density at radius 2 is 1.79 bits per heavy atom. The van der Waals surface area contributed by atoms with Gasteiger partial charge in [0.25, 0.3) is 0 Å². The van der Waals surface area contributed by atoms with Crippen molar-refractivity contribution >= 4 is 11.9 Å². The summed E-state index contributed by atoms with van der Waals surface area (Å²) in [4.78, 5) is 26.4. The molecule has 1 amide bonds. The smallest absolute Gasteiger partial charge is 0.306 e. The van der Waals surface area contributed by atoms with Gasteiger partial charge in [0.05, 0.1) is 13.0 Å². The number of cyclic esters (lactones) is 1. The van der Waals surface area contributed by atoms with E-state index in [2.05, 4.69) is 36.9 Å². The number of hydrogen-bond donors (Lipinski definition) is 0. The maximum atomic E-state index is 12.9. The maximum Gasteiger partial charge on any atom is 0.306 e. The minimum absolute atomic E-state index is 0.0126. The van der Waals surface area contributed by atoms with Crippen molar-refractivity contribution in [3.63, 3.8) is 0 Å². The molecule has 5 rings (SSSR count). The van der Waals surface area contributed by atoms with Gasteiger partial charge in [0.15, 0.2) is 0 Å². The Balaban J connectivity index is 1.13. The Morgan fingerprint density at radius 1 is 1.07 bits per heavy atom. The molecule has 2 saturated heterocycles. The molecule has 0 unspecified atom stereocenters. The van der Waals surface area contributed by atoms with Gasteiger partial charge in [-0.3, -0.25) is 9.59 Å². The summed E-state index contributed by atoms with van der Waals surface area (Å²) in [6.45, 7) is 6.77. The van der Waals surface area contributed by atoms with Crippen LogP contribution in [0.3, 0.4) is 0 Å². The number of benzene rings is 1. The van der Waals surface area contributed by atoms with Crippen molar-refractivity contribution in [3.8, 4) is 0 Å². The van der Waals surface area contributed by atoms with Crippen LogP contribution in [0.5, 0.6) is 0 Å². The van der Waals surface area contributed by atoms with Crippen molar-refractivity contribution in [2.24, 2.45) is 16.7 Å². The van der Waals surface area contributed by atoms with E-state index in [1.807, 2.05) is 0 Å². The quantitative estimate of drug-likeness (QED) is 0.724. The number of rotatable bonds is 2. The monoisotopic (exact) mass is 381 g/mol. The Kier molecular flexibility index (Phi) is 4.12. The maximum absolute atomic E-state index is 12.9. The largest absolute Gasteiger partial charge is 0.465 e. The van der Waals surface area contributed by atoms with Crippen LogP contribution in [0.2, 0.25) is 0 Å². The molecule has 150 valence electrons. The number of hydrogen-bond acceptors (Lipinski definition) is 3. The number of amides is 1. The van der Waals surface area contributed by atoms with Gasteiger partial charge >= 0.3 is 5.97 Å². The molecule has 0 aromatic heterocycles. The highest BCUT2D eigenvalue weighted by Crippen LogP contribution is 2.58. The molecule has 2 heterocycles. The first kappa shape index (κ1) is 18.2. The molecule has 1 aromatic carbocycles. The molecule has 1 aromatic rings. The molecule has 4 fully saturated rings. The molecule has 0 bridgehead atoms. The Morgan fingerprint density at radius 3 is 2.43 bits per heavy atom. The second kappa shape index (κ2) is 6.33. The highest BCUT2D eigenvalue weighted by Gasteiger charge is 2.54. The van der Waals surface area contributed by atoms with Gasteiger partial charge in [-0.25, -0.2) is 0 Å². The van der Waals surface area contributed by atoms with E-state index in [0.717, 1.165) is 38.8 Å². The summed E-state index contributed by atoms with van der Waals surface area (Å²) in [5.74, 6) is 1.06. The van der Waals surface area contributed by atoms with E-state index >= 15 is 0 Å². The molecule has 4 nitrogen and oxygen atoms in total. The Bertz CT molecular complexity index is 807. The van der Waals surface area contributed by atoms with Crippen LogP contribution >= 0.6 is 0 Å². The summed E-state index contributed by atoms with van der Waals surface area (Å²) < 4.78 is 5.13. The molecule has 0 N–H and O–H groups in total. The van der Waals surface area contributed by atoms with Crippen molar-refractivity contribution in [2.45, 2.75) is 64.7 Å². The zero-order valence-corrected chi connectivity index (χ0v) is 17.1. The average molecular weight is 382 g/mol. The van der Waals surface area contributed by atoms with E-state index in [-0.39, 0.29) is 17.3 Å². The zero-order valence-electron chi connectivity index (χ0n) is 17.1. The molecule has 28 heavy (non-hydrogen) atoms. The van der Waals surface area contributed by atoms with Crippen molar-refractivity contribution < 1.29 is 14.3 Å². The first-order valence-electron chi connectivity index (χ1n) is 10.9. The predicted molar refractivity (Wildman–Crippen MR) is 107 cm³/mol. The molecule has 0 radical (unpaired) electrons. The van der Waals surface area contributed by atoms with E-state index in [0.29, 0.717) is 30.3 Å². The molecule has 2 spiro atoms. The fourth-order valence-electron chi connectivity index (χ4n) is 6.34. The Hall–Kier alpha value is -1.84. The molecule has 4 aliphatic rings. The molecular weight excluding hydrogens is 350 g/mol. The zero-order chi connectivity index (χ0) is 19.5. The topological polar surface area (TPSA) is 46.6 Å². The molecular formula is C24H31NO3. The van der Waals surface area contributed by atoms with E-state index < -0.39 is 0 Å². The summed E-state index contributed by atoms with van der Waals surface area (Å²) in [5, 5.41) is 0. The van der Waals surface area contributed by atoms with Crippen LogP contribution in [0.4, 0.5) is 0 Å². The van der Waals surface area contributed by atoms with E-state index in [1.165, 1.54) is 29.5 Å². The average Bonchev–Trinajstić information content (AvgIpc) is 3.02. The lowest BCUT2D eigenvalue weighted by Crippen LogP contribution is -2.52. The SMILES string of the molecule is Cc1ccc(C)c(C2CC3(CCN(C(=O)C4CC5(COC(=O)C5)C4)CC3)C2)c1. The van der Waals surface area contributed by atoms with Gasteiger partial charge < -0.3 is 9.64 Å². The van der Waals surface area contributed by atoms with Crippen LogP contribution in [0, 0.1) is 30.6 Å². The van der Waals surface area contributed by atoms with Gasteiger partial charge in [-0.15, -0.1) is 0 Å². The number of ether oxygens (including phenoxy) is 1. The number of aryl methyl sites for hydroxylation is 2. The van der Waals surface area contributed by atoms with Crippen LogP contribution in [-0.4, -0.2) is 36.5 Å². The summed E-state index contributed by atoms with van der Waals surface area (Å²) in [7, 11) is 0. The lowest BCUT2D eigenvalue weighted by Gasteiger charge is -2.54. The minimum atomic E-state index is -0.0887. The number of piperidine rings is 1. The molecule has 0 atom stereocenters. The van der Waals surface area contributed by atoms with Crippen LogP contribution in [0.15, 0.2) is 18.2 Å². The van der Waals surface area contributed by atoms with Crippen LogP contribution in [0.25, 0.3) is 0 Å². The van der Waals surface area contributed by atoms with E-state index in [9.17, 15) is 9.59 Å². The Labute approximate surface area is 167 Å². The number of nitrogens with zero attached hydrogens (tertiary/aromatic N) is 1. The number of esters is 1. The lowest BCUT2D eigenvalue weighted by atomic mass is 9.55. The fourth-order valence-corrected chi connectivity index (χ4v) is 6.34. The molecule has 2 aliphatic carbocycles. The summed E-state index contributed by atoms with van der Waals surface area (Å²) >= 11 is 0. The van der Waals surface area contributed by atoms with Gasteiger partial charge in [-0.2, -0.15) is 0 Å². The first-order valence-corrected chi connectivity index (χ1v) is 10.9. The minimum Gasteiger partial charge on any atom is -0.465 e. The molecule has 4 heteroatoms. The van der Waals surface area contributed by atoms with Crippen LogP contribution < -0.4 is 0 Å². The van der Waals surface area contributed by atoms with Gasteiger partial charge in [-0.05, 0) is 74.8 Å². The molecule has 2 saturated carbocycles. The number of carbonyl (C=O) groups is 2. The highest BCUT2D eigenvalue weighted by molar-refractivity contribution is 5.81. The predicted octanol–water partition coefficient (Wildman–Crippen LogP) is 4.13. The summed E-state index contributed by atoms with van der Waals surface area (Å²) in [6.07, 6.45) is 7.07. The number of likely N-dealkylation sites (tertiary alicyclic amines) is 1. The van der Waals surface area contributed by atoms with Gasteiger partial charge in [0.2, 0.25) is 5.91 Å². The number of carbonyl (C=O) groups excluding carboxylic acids is 2. The van der Waals surface area contributed by atoms with Crippen molar-refractivity contribution in [3.05, 3.63) is 34.9 Å². The van der Waals surface area contributed by atoms with Gasteiger partial charge in [-0.1, -0.05) is 23.8 Å². The van der Waals surface area contributed by atoms with Crippen molar-refractivity contribution in [1.29, 1.82) is 0 Å². The lowest BCUT2D eigenvalue weighted by molar-refractivity contribution is -0.147. The third kappa shape index (κ3) is 2.96. The third-order valence-electron chi connectivity index (χ3n) is 8.14. The third-order valence-corrected chi connectivity index (χ3v) is 8.14. The van der Waals surface area contributed by atoms with Crippen molar-refractivity contribution in [1.82, 2.24) is 4.90 Å². The molecule has 2 aliphatic heterocycles. The standard InChI is InChI=1S/C24H31NO3/c1-16-3-4-17(2)20(9-16)18-10-23(11-18)5-7-25(8-6-23)22(27)19-12-24(13-19)14-21(26)28-15-24/h3-4,9,18-19H,5-8,10-15H2,1-2H3. The van der Waals surface area contributed by atoms with Crippen molar-refractivity contribution in [2.75, 3.05) is 19.7 Å². The van der Waals surface area contributed by atoms with Gasteiger partial charge in [0, 0.05) is 24.4 Å². The summed E-state index contributed by atoms with van der Waals surface area (Å²) in [5.41, 5.74) is 4.77. The highest BCUT2D eigenvalue weighted by atomic mass is 16.5. The van der Waals surface area contributed by atoms with E-state index in [1.54, 1.807) is 0 Å². The van der Waals surface area contributed by atoms with E-state index in [4.69, 9.17) is 4.74 Å². The second-order valence-electron chi connectivity index (χ2n) is 10.2. The summed E-state index contributed by atoms with van der Waals surface area (Å²) in [6, 6.07) is 6.83. The normalized spacial score (nSPS) is 28.1. The van der Waals surface area contributed by atoms with Crippen LogP contribution in [-0.2, 0) is 14.3 Å². The first-order chi connectivity index (χ1) is 13.4. The van der Waals surface area contributed by atoms with Crippen LogP contribution in [0.1, 0.15) is 67.6 Å². The fraction of sp³-hybridized carbons (Fsp3) is 0.667.